The Balaban J connectivity index is 2.43. The minimum atomic E-state index is -3.09. The van der Waals surface area contributed by atoms with Gasteiger partial charge in [-0.3, -0.25) is 0 Å². The minimum absolute atomic E-state index is 0.124. The summed E-state index contributed by atoms with van der Waals surface area (Å²) in [4.78, 5) is 0.462. The number of rotatable bonds is 2. The summed E-state index contributed by atoms with van der Waals surface area (Å²) in [5, 5.41) is 1.78. The Hall–Kier alpha value is -0.910. The molecule has 1 aromatic carbocycles. The molecule has 0 radical (unpaired) electrons. The molecule has 5 heteroatoms. The summed E-state index contributed by atoms with van der Waals surface area (Å²) in [6.07, 6.45) is 0. The third kappa shape index (κ3) is 1.90. The fourth-order valence-corrected chi connectivity index (χ4v) is 3.60. The highest BCUT2D eigenvalue weighted by molar-refractivity contribution is 7.91. The van der Waals surface area contributed by atoms with Crippen LogP contribution in [0.15, 0.2) is 29.2 Å². The van der Waals surface area contributed by atoms with Crippen molar-refractivity contribution < 1.29 is 8.42 Å². The molecule has 0 aliphatic carbocycles. The van der Waals surface area contributed by atoms with E-state index in [2.05, 4.69) is 5.43 Å². The summed E-state index contributed by atoms with van der Waals surface area (Å²) >= 11 is 0. The van der Waals surface area contributed by atoms with Crippen LogP contribution in [0.4, 0.5) is 0 Å². The number of nitrogens with one attached hydrogen (secondary N) is 1. The van der Waals surface area contributed by atoms with E-state index in [1.54, 1.807) is 17.1 Å². The molecule has 1 aliphatic heterocycles. The molecule has 0 saturated carbocycles. The lowest BCUT2D eigenvalue weighted by Gasteiger charge is -2.18. The number of benzene rings is 1. The summed E-state index contributed by atoms with van der Waals surface area (Å²) in [5.74, 6) is 0.143. The van der Waals surface area contributed by atoms with E-state index in [1.807, 2.05) is 26.2 Å². The van der Waals surface area contributed by atoms with Gasteiger partial charge in [0.15, 0.2) is 9.84 Å². The van der Waals surface area contributed by atoms with E-state index in [1.165, 1.54) is 0 Å². The molecule has 1 aromatic rings. The Bertz CT molecular complexity index is 468. The van der Waals surface area contributed by atoms with E-state index in [0.717, 1.165) is 5.56 Å². The molecule has 1 unspecified atom stereocenters. The molecule has 1 N–H and O–H groups in total. The number of nitrogens with zero attached hydrogens (tertiary/aromatic N) is 1. The van der Waals surface area contributed by atoms with Crippen LogP contribution < -0.4 is 5.43 Å². The highest BCUT2D eigenvalue weighted by atomic mass is 32.2. The summed E-state index contributed by atoms with van der Waals surface area (Å²) in [6, 6.07) is 7.03. The average molecular weight is 226 g/mol. The predicted octanol–water partition coefficient (Wildman–Crippen LogP) is 0.581. The molecule has 0 saturated heterocycles. The van der Waals surface area contributed by atoms with E-state index < -0.39 is 9.84 Å². The third-order valence-corrected chi connectivity index (χ3v) is 4.24. The van der Waals surface area contributed by atoms with Gasteiger partial charge in [-0.25, -0.2) is 18.9 Å². The Morgan fingerprint density at radius 1 is 1.33 bits per heavy atom. The first kappa shape index (κ1) is 10.6. The topological polar surface area (TPSA) is 49.4 Å². The van der Waals surface area contributed by atoms with Gasteiger partial charge in [0, 0.05) is 14.1 Å². The fraction of sp³-hybridized carbons (Fsp3) is 0.400. The maximum Gasteiger partial charge on any atom is 0.180 e. The maximum absolute atomic E-state index is 11.8. The zero-order chi connectivity index (χ0) is 11.1. The van der Waals surface area contributed by atoms with Gasteiger partial charge in [-0.05, 0) is 11.6 Å². The molecule has 0 bridgehead atoms. The molecule has 1 atom stereocenters. The first-order valence-electron chi connectivity index (χ1n) is 4.76. The van der Waals surface area contributed by atoms with E-state index in [9.17, 15) is 8.42 Å². The highest BCUT2D eigenvalue weighted by Crippen LogP contribution is 2.32. The van der Waals surface area contributed by atoms with Crippen LogP contribution in [0.25, 0.3) is 0 Å². The highest BCUT2D eigenvalue weighted by Gasteiger charge is 2.34. The molecule has 0 amide bonds. The third-order valence-electron chi connectivity index (χ3n) is 2.43. The molecule has 0 aromatic heterocycles. The predicted molar refractivity (Wildman–Crippen MR) is 58.1 cm³/mol. The molecule has 0 fully saturated rings. The van der Waals surface area contributed by atoms with Gasteiger partial charge in [0.25, 0.3) is 0 Å². The summed E-state index contributed by atoms with van der Waals surface area (Å²) in [7, 11) is 0.620. The van der Waals surface area contributed by atoms with Crippen LogP contribution in [0, 0.1) is 0 Å². The van der Waals surface area contributed by atoms with E-state index in [4.69, 9.17) is 0 Å². The van der Waals surface area contributed by atoms with Crippen molar-refractivity contribution in [1.82, 2.24) is 10.4 Å². The quantitative estimate of drug-likeness (QED) is 0.750. The van der Waals surface area contributed by atoms with Crippen molar-refractivity contribution in [3.05, 3.63) is 29.8 Å². The molecule has 0 spiro atoms. The SMILES string of the molecule is CN(C)NC1CS(=O)(=O)c2ccccc21. The molecule has 2 rings (SSSR count). The van der Waals surface area contributed by atoms with E-state index in [0.29, 0.717) is 4.90 Å². The van der Waals surface area contributed by atoms with Gasteiger partial charge in [0.05, 0.1) is 16.7 Å². The second kappa shape index (κ2) is 3.59. The normalized spacial score (nSPS) is 23.0. The Morgan fingerprint density at radius 3 is 2.67 bits per heavy atom. The minimum Gasteiger partial charge on any atom is -0.250 e. The van der Waals surface area contributed by atoms with E-state index >= 15 is 0 Å². The molecule has 1 heterocycles. The van der Waals surface area contributed by atoms with Gasteiger partial charge in [0.2, 0.25) is 0 Å². The zero-order valence-corrected chi connectivity index (χ0v) is 9.58. The number of fused-ring (bicyclic) bond motifs is 1. The van der Waals surface area contributed by atoms with Gasteiger partial charge in [-0.15, -0.1) is 0 Å². The molecule has 15 heavy (non-hydrogen) atoms. The van der Waals surface area contributed by atoms with Gasteiger partial charge < -0.3 is 0 Å². The largest absolute Gasteiger partial charge is 0.250 e. The van der Waals surface area contributed by atoms with Crippen LogP contribution >= 0.6 is 0 Å². The standard InChI is InChI=1S/C10H14N2O2S/c1-12(2)11-9-7-15(13,14)10-6-4-3-5-8(9)10/h3-6,9,11H,7H2,1-2H3. The molecule has 1 aliphatic rings. The summed E-state index contributed by atoms with van der Waals surface area (Å²) in [6.45, 7) is 0. The van der Waals surface area contributed by atoms with Gasteiger partial charge in [-0.1, -0.05) is 18.2 Å². The van der Waals surface area contributed by atoms with E-state index in [-0.39, 0.29) is 11.8 Å². The van der Waals surface area contributed by atoms with Gasteiger partial charge in [-0.2, -0.15) is 0 Å². The fourth-order valence-electron chi connectivity index (χ4n) is 1.87. The zero-order valence-electron chi connectivity index (χ0n) is 8.77. The lowest BCUT2D eigenvalue weighted by atomic mass is 10.1. The van der Waals surface area contributed by atoms with Crippen molar-refractivity contribution in [2.75, 3.05) is 19.8 Å². The molecule has 82 valence electrons. The van der Waals surface area contributed by atoms with Crippen molar-refractivity contribution >= 4 is 9.84 Å². The monoisotopic (exact) mass is 226 g/mol. The van der Waals surface area contributed by atoms with Gasteiger partial charge >= 0.3 is 0 Å². The molecule has 4 nitrogen and oxygen atoms in total. The van der Waals surface area contributed by atoms with Crippen LogP contribution in [-0.2, 0) is 9.84 Å². The molecular weight excluding hydrogens is 212 g/mol. The second-order valence-corrected chi connectivity index (χ2v) is 5.90. The smallest absolute Gasteiger partial charge is 0.180 e. The van der Waals surface area contributed by atoms with Crippen molar-refractivity contribution in [1.29, 1.82) is 0 Å². The summed E-state index contributed by atoms with van der Waals surface area (Å²) in [5.41, 5.74) is 3.97. The van der Waals surface area contributed by atoms with Crippen LogP contribution in [0.1, 0.15) is 11.6 Å². The number of sulfone groups is 1. The maximum atomic E-state index is 11.8. The Labute approximate surface area is 89.8 Å². The van der Waals surface area contributed by atoms with Crippen molar-refractivity contribution in [2.24, 2.45) is 0 Å². The number of hydrogen-bond donors (Lipinski definition) is 1. The van der Waals surface area contributed by atoms with Gasteiger partial charge in [0.1, 0.15) is 0 Å². The number of hydrogen-bond acceptors (Lipinski definition) is 4. The average Bonchev–Trinajstić information content (AvgIpc) is 2.39. The van der Waals surface area contributed by atoms with Crippen LogP contribution in [0.5, 0.6) is 0 Å². The first-order chi connectivity index (χ1) is 7.00. The Kier molecular flexibility index (Phi) is 2.54. The van der Waals surface area contributed by atoms with Crippen molar-refractivity contribution in [3.63, 3.8) is 0 Å². The first-order valence-corrected chi connectivity index (χ1v) is 6.41. The second-order valence-electron chi connectivity index (χ2n) is 3.90. The summed E-state index contributed by atoms with van der Waals surface area (Å²) < 4.78 is 23.6. The van der Waals surface area contributed by atoms with Crippen molar-refractivity contribution in [3.8, 4) is 0 Å². The lowest BCUT2D eigenvalue weighted by Crippen LogP contribution is -2.35. The lowest BCUT2D eigenvalue weighted by molar-refractivity contribution is 0.254. The van der Waals surface area contributed by atoms with Crippen LogP contribution in [0.2, 0.25) is 0 Å². The number of hydrazine groups is 1. The van der Waals surface area contributed by atoms with Crippen LogP contribution in [0.3, 0.4) is 0 Å². The molecular formula is C10H14N2O2S. The van der Waals surface area contributed by atoms with Crippen LogP contribution in [-0.4, -0.2) is 33.3 Å². The Morgan fingerprint density at radius 2 is 2.00 bits per heavy atom. The van der Waals surface area contributed by atoms with Crippen molar-refractivity contribution in [2.45, 2.75) is 10.9 Å².